The van der Waals surface area contributed by atoms with Gasteiger partial charge in [-0.1, -0.05) is 18.2 Å². The Morgan fingerprint density at radius 1 is 1.37 bits per heavy atom. The average molecular weight is 263 g/mol. The molecule has 1 aromatic carbocycles. The lowest BCUT2D eigenvalue weighted by Crippen LogP contribution is -2.34. The molecule has 6 heteroatoms. The van der Waals surface area contributed by atoms with E-state index in [1.807, 2.05) is 0 Å². The van der Waals surface area contributed by atoms with Crippen molar-refractivity contribution in [2.24, 2.45) is 5.92 Å². The van der Waals surface area contributed by atoms with Crippen LogP contribution in [0, 0.1) is 16.0 Å². The average Bonchev–Trinajstić information content (AvgIpc) is 3.20. The van der Waals surface area contributed by atoms with Gasteiger partial charge in [-0.15, -0.1) is 0 Å². The second-order valence-corrected chi connectivity index (χ2v) is 4.74. The fourth-order valence-corrected chi connectivity index (χ4v) is 1.81. The van der Waals surface area contributed by atoms with Crippen LogP contribution < -0.4 is 10.6 Å². The third kappa shape index (κ3) is 4.33. The fraction of sp³-hybridized carbons (Fsp3) is 0.462. The van der Waals surface area contributed by atoms with E-state index < -0.39 is 4.92 Å². The van der Waals surface area contributed by atoms with Gasteiger partial charge in [0.15, 0.2) is 0 Å². The van der Waals surface area contributed by atoms with Crippen molar-refractivity contribution in [1.29, 1.82) is 0 Å². The number of carbonyl (C=O) groups excluding carboxylic acids is 1. The van der Waals surface area contributed by atoms with Gasteiger partial charge in [-0.05, 0) is 25.3 Å². The zero-order valence-corrected chi connectivity index (χ0v) is 10.6. The molecule has 1 fully saturated rings. The van der Waals surface area contributed by atoms with Gasteiger partial charge in [-0.3, -0.25) is 14.9 Å². The molecule has 0 bridgehead atoms. The predicted molar refractivity (Wildman–Crippen MR) is 70.5 cm³/mol. The molecule has 0 radical (unpaired) electrons. The maximum absolute atomic E-state index is 11.6. The summed E-state index contributed by atoms with van der Waals surface area (Å²) in [6.07, 6.45) is 2.48. The van der Waals surface area contributed by atoms with Crippen molar-refractivity contribution in [2.75, 3.05) is 13.1 Å². The summed E-state index contributed by atoms with van der Waals surface area (Å²) in [6.45, 7) is 1.32. The van der Waals surface area contributed by atoms with Crippen molar-refractivity contribution in [2.45, 2.75) is 19.4 Å². The highest BCUT2D eigenvalue weighted by atomic mass is 16.6. The number of para-hydroxylation sites is 1. The standard InChI is InChI=1S/C13H17N3O3/c17-13(9-14-7-10-5-6-10)15-8-11-3-1-2-4-12(11)16(18)19/h1-4,10,14H,5-9H2,(H,15,17). The van der Waals surface area contributed by atoms with E-state index in [-0.39, 0.29) is 24.7 Å². The Hall–Kier alpha value is -1.95. The van der Waals surface area contributed by atoms with Gasteiger partial charge in [0, 0.05) is 18.2 Å². The summed E-state index contributed by atoms with van der Waals surface area (Å²) in [5, 5.41) is 16.6. The Kier molecular flexibility index (Phi) is 4.46. The van der Waals surface area contributed by atoms with Crippen molar-refractivity contribution in [1.82, 2.24) is 10.6 Å². The quantitative estimate of drug-likeness (QED) is 0.572. The monoisotopic (exact) mass is 263 g/mol. The highest BCUT2D eigenvalue weighted by Crippen LogP contribution is 2.27. The van der Waals surface area contributed by atoms with Crippen molar-refractivity contribution in [3.63, 3.8) is 0 Å². The number of rotatable bonds is 7. The van der Waals surface area contributed by atoms with Gasteiger partial charge in [0.05, 0.1) is 11.5 Å². The number of amides is 1. The van der Waals surface area contributed by atoms with Crippen LogP contribution in [0.5, 0.6) is 0 Å². The smallest absolute Gasteiger partial charge is 0.274 e. The molecule has 0 heterocycles. The van der Waals surface area contributed by atoms with E-state index in [4.69, 9.17) is 0 Å². The number of nitrogens with zero attached hydrogens (tertiary/aromatic N) is 1. The molecule has 0 saturated heterocycles. The van der Waals surface area contributed by atoms with E-state index in [9.17, 15) is 14.9 Å². The number of carbonyl (C=O) groups is 1. The van der Waals surface area contributed by atoms with Crippen LogP contribution in [-0.2, 0) is 11.3 Å². The van der Waals surface area contributed by atoms with Crippen LogP contribution in [-0.4, -0.2) is 23.9 Å². The largest absolute Gasteiger partial charge is 0.351 e. The van der Waals surface area contributed by atoms with Crippen LogP contribution in [0.25, 0.3) is 0 Å². The first kappa shape index (κ1) is 13.5. The topological polar surface area (TPSA) is 84.3 Å². The molecule has 0 aliphatic heterocycles. The molecule has 1 aliphatic carbocycles. The Labute approximate surface area is 111 Å². The highest BCUT2D eigenvalue weighted by molar-refractivity contribution is 5.78. The Morgan fingerprint density at radius 3 is 2.79 bits per heavy atom. The number of benzene rings is 1. The lowest BCUT2D eigenvalue weighted by Gasteiger charge is -2.06. The summed E-state index contributed by atoms with van der Waals surface area (Å²) in [6, 6.07) is 6.42. The highest BCUT2D eigenvalue weighted by Gasteiger charge is 2.20. The lowest BCUT2D eigenvalue weighted by molar-refractivity contribution is -0.385. The second kappa shape index (κ2) is 6.29. The summed E-state index contributed by atoms with van der Waals surface area (Å²) < 4.78 is 0. The molecule has 2 N–H and O–H groups in total. The van der Waals surface area contributed by atoms with Gasteiger partial charge in [-0.25, -0.2) is 0 Å². The SMILES string of the molecule is O=C(CNCC1CC1)NCc1ccccc1[N+](=O)[O-]. The van der Waals surface area contributed by atoms with Crippen LogP contribution >= 0.6 is 0 Å². The third-order valence-electron chi connectivity index (χ3n) is 3.08. The van der Waals surface area contributed by atoms with Gasteiger partial charge in [0.2, 0.25) is 5.91 Å². The second-order valence-electron chi connectivity index (χ2n) is 4.74. The van der Waals surface area contributed by atoms with Crippen LogP contribution in [0.4, 0.5) is 5.69 Å². The molecule has 1 saturated carbocycles. The predicted octanol–water partition coefficient (Wildman–Crippen LogP) is 1.21. The van der Waals surface area contributed by atoms with Crippen LogP contribution in [0.3, 0.4) is 0 Å². The molecule has 1 aliphatic rings. The van der Waals surface area contributed by atoms with Crippen molar-refractivity contribution in [3.8, 4) is 0 Å². The van der Waals surface area contributed by atoms with E-state index in [0.717, 1.165) is 12.5 Å². The minimum absolute atomic E-state index is 0.0359. The number of nitro groups is 1. The molecule has 19 heavy (non-hydrogen) atoms. The number of nitro benzene ring substituents is 1. The van der Waals surface area contributed by atoms with E-state index in [2.05, 4.69) is 10.6 Å². The molecule has 102 valence electrons. The van der Waals surface area contributed by atoms with Gasteiger partial charge in [0.25, 0.3) is 5.69 Å². The zero-order chi connectivity index (χ0) is 13.7. The number of hydrogen-bond donors (Lipinski definition) is 2. The normalized spacial score (nSPS) is 14.1. The molecule has 2 rings (SSSR count). The summed E-state index contributed by atoms with van der Waals surface area (Å²) in [5.41, 5.74) is 0.553. The van der Waals surface area contributed by atoms with Crippen LogP contribution in [0.1, 0.15) is 18.4 Å². The minimum atomic E-state index is -0.438. The maximum atomic E-state index is 11.6. The van der Waals surface area contributed by atoms with Gasteiger partial charge >= 0.3 is 0 Å². The molecule has 0 atom stereocenters. The number of nitrogens with one attached hydrogen (secondary N) is 2. The molecule has 6 nitrogen and oxygen atoms in total. The first-order chi connectivity index (χ1) is 9.16. The van der Waals surface area contributed by atoms with E-state index >= 15 is 0 Å². The van der Waals surface area contributed by atoms with E-state index in [1.165, 1.54) is 18.9 Å². The molecular formula is C13H17N3O3. The van der Waals surface area contributed by atoms with Crippen molar-refractivity contribution >= 4 is 11.6 Å². The molecule has 1 amide bonds. The Balaban J connectivity index is 1.77. The molecular weight excluding hydrogens is 246 g/mol. The molecule has 0 aromatic heterocycles. The summed E-state index contributed by atoms with van der Waals surface area (Å²) in [7, 11) is 0. The van der Waals surface area contributed by atoms with Crippen molar-refractivity contribution in [3.05, 3.63) is 39.9 Å². The molecule has 0 spiro atoms. The molecule has 0 unspecified atom stereocenters. The first-order valence-electron chi connectivity index (χ1n) is 6.36. The van der Waals surface area contributed by atoms with Crippen LogP contribution in [0.2, 0.25) is 0 Å². The van der Waals surface area contributed by atoms with Gasteiger partial charge in [-0.2, -0.15) is 0 Å². The summed E-state index contributed by atoms with van der Waals surface area (Å²) >= 11 is 0. The van der Waals surface area contributed by atoms with Gasteiger partial charge < -0.3 is 10.6 Å². The summed E-state index contributed by atoms with van der Waals surface area (Å²) in [4.78, 5) is 21.9. The Bertz CT molecular complexity index is 472. The third-order valence-corrected chi connectivity index (χ3v) is 3.08. The van der Waals surface area contributed by atoms with E-state index in [1.54, 1.807) is 18.2 Å². The zero-order valence-electron chi connectivity index (χ0n) is 10.6. The van der Waals surface area contributed by atoms with Crippen molar-refractivity contribution < 1.29 is 9.72 Å². The van der Waals surface area contributed by atoms with E-state index in [0.29, 0.717) is 5.56 Å². The van der Waals surface area contributed by atoms with Crippen LogP contribution in [0.15, 0.2) is 24.3 Å². The Morgan fingerprint density at radius 2 is 2.11 bits per heavy atom. The molecule has 1 aromatic rings. The summed E-state index contributed by atoms with van der Waals surface area (Å²) in [5.74, 6) is 0.585. The lowest BCUT2D eigenvalue weighted by atomic mass is 10.2. The maximum Gasteiger partial charge on any atom is 0.274 e. The first-order valence-corrected chi connectivity index (χ1v) is 6.36. The number of hydrogen-bond acceptors (Lipinski definition) is 4. The minimum Gasteiger partial charge on any atom is -0.351 e. The van der Waals surface area contributed by atoms with Gasteiger partial charge in [0.1, 0.15) is 0 Å². The fourth-order valence-electron chi connectivity index (χ4n) is 1.81.